The van der Waals surface area contributed by atoms with Crippen molar-refractivity contribution in [2.24, 2.45) is 0 Å². The summed E-state index contributed by atoms with van der Waals surface area (Å²) in [7, 11) is 0. The van der Waals surface area contributed by atoms with Crippen LogP contribution in [0, 0.1) is 6.92 Å². The molecule has 5 heteroatoms. The zero-order chi connectivity index (χ0) is 15.0. The summed E-state index contributed by atoms with van der Waals surface area (Å²) in [6, 6.07) is 7.92. The summed E-state index contributed by atoms with van der Waals surface area (Å²) in [5.74, 6) is -0.766. The molecular weight excluding hydrogens is 306 g/mol. The highest BCUT2D eigenvalue weighted by molar-refractivity contribution is 7.12. The maximum Gasteiger partial charge on any atom is 0.317 e. The lowest BCUT2D eigenvalue weighted by molar-refractivity contribution is -0.138. The first-order valence-electron chi connectivity index (χ1n) is 6.86. The van der Waals surface area contributed by atoms with Crippen LogP contribution in [0.1, 0.15) is 15.3 Å². The van der Waals surface area contributed by atoms with Gasteiger partial charge in [-0.15, -0.1) is 11.3 Å². The molecule has 3 nitrogen and oxygen atoms in total. The van der Waals surface area contributed by atoms with Crippen LogP contribution in [0.5, 0.6) is 0 Å². The van der Waals surface area contributed by atoms with Crippen molar-refractivity contribution in [2.45, 2.75) is 19.9 Å². The van der Waals surface area contributed by atoms with E-state index < -0.39 is 5.97 Å². The normalized spacial score (nSPS) is 15.0. The maximum absolute atomic E-state index is 10.9. The average Bonchev–Trinajstić information content (AvgIpc) is 2.74. The molecule has 0 saturated heterocycles. The van der Waals surface area contributed by atoms with E-state index in [0.29, 0.717) is 0 Å². The zero-order valence-corrected chi connectivity index (χ0v) is 13.3. The number of nitrogens with zero attached hydrogens (tertiary/aromatic N) is 1. The molecule has 0 amide bonds. The first-order chi connectivity index (χ1) is 10.1. The number of hydrogen-bond donors (Lipinski definition) is 1. The number of halogens is 1. The molecule has 0 atom stereocenters. The quantitative estimate of drug-likeness (QED) is 0.934. The molecule has 1 aromatic heterocycles. The van der Waals surface area contributed by atoms with E-state index in [-0.39, 0.29) is 6.54 Å². The van der Waals surface area contributed by atoms with E-state index in [4.69, 9.17) is 16.7 Å². The highest BCUT2D eigenvalue weighted by atomic mass is 35.5. The minimum atomic E-state index is -0.766. The van der Waals surface area contributed by atoms with E-state index in [1.807, 2.05) is 23.1 Å². The lowest BCUT2D eigenvalue weighted by atomic mass is 9.96. The fourth-order valence-electron chi connectivity index (χ4n) is 2.94. The number of carbonyl (C=O) groups is 1. The highest BCUT2D eigenvalue weighted by Crippen LogP contribution is 2.41. The van der Waals surface area contributed by atoms with Gasteiger partial charge < -0.3 is 5.11 Å². The zero-order valence-electron chi connectivity index (χ0n) is 11.7. The summed E-state index contributed by atoms with van der Waals surface area (Å²) in [6.45, 7) is 3.73. The molecule has 0 saturated carbocycles. The number of fused-ring (bicyclic) bond motifs is 1. The Labute approximate surface area is 132 Å². The van der Waals surface area contributed by atoms with Crippen molar-refractivity contribution < 1.29 is 9.90 Å². The van der Waals surface area contributed by atoms with Gasteiger partial charge in [0.05, 0.1) is 6.54 Å². The third-order valence-corrected chi connectivity index (χ3v) is 5.28. The minimum Gasteiger partial charge on any atom is -0.480 e. The summed E-state index contributed by atoms with van der Waals surface area (Å²) in [4.78, 5) is 15.4. The van der Waals surface area contributed by atoms with Crippen LogP contribution in [-0.4, -0.2) is 29.1 Å². The predicted octanol–water partition coefficient (Wildman–Crippen LogP) is 3.82. The Morgan fingerprint density at radius 3 is 2.90 bits per heavy atom. The van der Waals surface area contributed by atoms with Gasteiger partial charge in [-0.2, -0.15) is 0 Å². The number of carboxylic acids is 1. The average molecular weight is 322 g/mol. The molecule has 0 bridgehead atoms. The highest BCUT2D eigenvalue weighted by Gasteiger charge is 2.25. The molecule has 0 fully saturated rings. The van der Waals surface area contributed by atoms with Gasteiger partial charge in [-0.3, -0.25) is 9.69 Å². The van der Waals surface area contributed by atoms with Gasteiger partial charge in [0.1, 0.15) is 0 Å². The van der Waals surface area contributed by atoms with Gasteiger partial charge in [0.2, 0.25) is 0 Å². The lowest BCUT2D eigenvalue weighted by Gasteiger charge is -2.25. The van der Waals surface area contributed by atoms with Crippen LogP contribution in [0.25, 0.3) is 11.1 Å². The molecule has 1 aliphatic rings. The summed E-state index contributed by atoms with van der Waals surface area (Å²) in [5.41, 5.74) is 3.67. The third kappa shape index (κ3) is 2.84. The molecule has 2 aromatic rings. The van der Waals surface area contributed by atoms with Crippen LogP contribution in [0.4, 0.5) is 0 Å². The summed E-state index contributed by atoms with van der Waals surface area (Å²) < 4.78 is 0. The Morgan fingerprint density at radius 1 is 1.43 bits per heavy atom. The molecule has 3 rings (SSSR count). The van der Waals surface area contributed by atoms with E-state index in [9.17, 15) is 4.79 Å². The Kier molecular flexibility index (Phi) is 4.02. The van der Waals surface area contributed by atoms with Gasteiger partial charge >= 0.3 is 5.97 Å². The number of thiophene rings is 1. The van der Waals surface area contributed by atoms with E-state index in [0.717, 1.165) is 30.1 Å². The number of aliphatic carboxylic acids is 1. The molecule has 1 N–H and O–H groups in total. The fourth-order valence-corrected chi connectivity index (χ4v) is 4.45. The monoisotopic (exact) mass is 321 g/mol. The van der Waals surface area contributed by atoms with Crippen molar-refractivity contribution in [1.29, 1.82) is 0 Å². The van der Waals surface area contributed by atoms with Gasteiger partial charge in [-0.1, -0.05) is 29.8 Å². The van der Waals surface area contributed by atoms with Crippen molar-refractivity contribution in [1.82, 2.24) is 4.90 Å². The second-order valence-corrected chi connectivity index (χ2v) is 6.99. The van der Waals surface area contributed by atoms with Crippen LogP contribution < -0.4 is 0 Å². The third-order valence-electron chi connectivity index (χ3n) is 3.81. The molecule has 2 heterocycles. The fraction of sp³-hybridized carbons (Fsp3) is 0.312. The maximum atomic E-state index is 10.9. The van der Waals surface area contributed by atoms with Crippen molar-refractivity contribution in [2.75, 3.05) is 13.1 Å². The second kappa shape index (κ2) is 5.79. The summed E-state index contributed by atoms with van der Waals surface area (Å²) >= 11 is 8.10. The van der Waals surface area contributed by atoms with Crippen molar-refractivity contribution in [3.63, 3.8) is 0 Å². The Balaban J connectivity index is 1.98. The molecule has 0 aliphatic carbocycles. The molecule has 110 valence electrons. The number of benzene rings is 1. The minimum absolute atomic E-state index is 0.109. The molecular formula is C16H16ClNO2S. The predicted molar refractivity (Wildman–Crippen MR) is 86.1 cm³/mol. The molecule has 0 spiro atoms. The van der Waals surface area contributed by atoms with Crippen LogP contribution in [0.2, 0.25) is 5.02 Å². The first kappa shape index (κ1) is 14.6. The van der Waals surface area contributed by atoms with Crippen molar-refractivity contribution in [3.8, 4) is 11.1 Å². The molecule has 0 radical (unpaired) electrons. The van der Waals surface area contributed by atoms with Crippen LogP contribution in [0.15, 0.2) is 24.3 Å². The number of carboxylic acid groups (broad SMARTS) is 1. The number of hydrogen-bond acceptors (Lipinski definition) is 3. The Hall–Kier alpha value is -1.36. The van der Waals surface area contributed by atoms with Crippen molar-refractivity contribution in [3.05, 3.63) is 44.6 Å². The van der Waals surface area contributed by atoms with E-state index >= 15 is 0 Å². The van der Waals surface area contributed by atoms with Gasteiger partial charge in [-0.25, -0.2) is 0 Å². The smallest absolute Gasteiger partial charge is 0.317 e. The van der Waals surface area contributed by atoms with E-state index in [1.165, 1.54) is 20.9 Å². The van der Waals surface area contributed by atoms with Gasteiger partial charge in [0.15, 0.2) is 0 Å². The lowest BCUT2D eigenvalue weighted by Crippen LogP contribution is -2.34. The van der Waals surface area contributed by atoms with Crippen LogP contribution >= 0.6 is 22.9 Å². The van der Waals surface area contributed by atoms with E-state index in [2.05, 4.69) is 13.0 Å². The topological polar surface area (TPSA) is 40.5 Å². The van der Waals surface area contributed by atoms with E-state index in [1.54, 1.807) is 11.3 Å². The molecule has 1 aromatic carbocycles. The first-order valence-corrected chi connectivity index (χ1v) is 8.06. The number of rotatable bonds is 3. The van der Waals surface area contributed by atoms with Gasteiger partial charge in [-0.05, 0) is 25.0 Å². The van der Waals surface area contributed by atoms with Crippen molar-refractivity contribution >= 4 is 28.9 Å². The van der Waals surface area contributed by atoms with Gasteiger partial charge in [0.25, 0.3) is 0 Å². The molecule has 1 aliphatic heterocycles. The van der Waals surface area contributed by atoms with Gasteiger partial charge in [0, 0.05) is 39.0 Å². The molecule has 21 heavy (non-hydrogen) atoms. The largest absolute Gasteiger partial charge is 0.480 e. The second-order valence-electron chi connectivity index (χ2n) is 5.27. The Morgan fingerprint density at radius 2 is 2.19 bits per heavy atom. The standard InChI is InChI=1S/C16H16ClNO2S/c1-10-16(11-4-2-3-5-13(11)17)12-6-7-18(9-15(19)20)8-14(12)21-10/h2-5H,6-9H2,1H3,(H,19,20). The molecule has 0 unspecified atom stereocenters. The van der Waals surface area contributed by atoms with Crippen LogP contribution in [-0.2, 0) is 17.8 Å². The Bertz CT molecular complexity index is 696. The number of aryl methyl sites for hydroxylation is 1. The summed E-state index contributed by atoms with van der Waals surface area (Å²) in [6.07, 6.45) is 0.882. The SMILES string of the molecule is Cc1sc2c(c1-c1ccccc1Cl)CCN(CC(=O)O)C2. The van der Waals surface area contributed by atoms with Crippen LogP contribution in [0.3, 0.4) is 0 Å². The summed E-state index contributed by atoms with van der Waals surface area (Å²) in [5, 5.41) is 9.70.